The zero-order valence-corrected chi connectivity index (χ0v) is 18.4. The Labute approximate surface area is 188 Å². The van der Waals surface area contributed by atoms with E-state index in [0.29, 0.717) is 11.9 Å². The summed E-state index contributed by atoms with van der Waals surface area (Å²) in [5.74, 6) is 0. The van der Waals surface area contributed by atoms with E-state index < -0.39 is 11.9 Å². The van der Waals surface area contributed by atoms with Crippen molar-refractivity contribution in [2.24, 2.45) is 5.73 Å². The molecule has 7 nitrogen and oxygen atoms in total. The van der Waals surface area contributed by atoms with Gasteiger partial charge >= 0.3 is 6.18 Å². The number of nitrogens with two attached hydrogens (primary N) is 1. The second kappa shape index (κ2) is 8.02. The van der Waals surface area contributed by atoms with Gasteiger partial charge < -0.3 is 15.5 Å². The summed E-state index contributed by atoms with van der Waals surface area (Å²) in [6, 6.07) is 1.99. The number of alkyl halides is 3. The van der Waals surface area contributed by atoms with Gasteiger partial charge in [0, 0.05) is 48.7 Å². The van der Waals surface area contributed by atoms with Crippen molar-refractivity contribution in [2.75, 3.05) is 38.1 Å². The fraction of sp³-hybridized carbons (Fsp3) is 0.435. The minimum atomic E-state index is -4.81. The first kappa shape index (κ1) is 21.7. The maximum Gasteiger partial charge on any atom is 0.433 e. The van der Waals surface area contributed by atoms with Crippen molar-refractivity contribution in [3.05, 3.63) is 35.3 Å². The average Bonchev–Trinajstić information content (AvgIpc) is 3.27. The standard InChI is InChI=1S/C23H26F3N7/c1-32-6-8-33(9-7-32)18-10-17-16(12-29-31-17)19-13-4-2-3-5-14(13)20(30-21(18)19)15(11-27)22(28)23(24,25)26/h10-12,28H,2-9,27H2,1H3,(H,29,31)/b15-11-,28-22?. The Kier molecular flexibility index (Phi) is 5.27. The summed E-state index contributed by atoms with van der Waals surface area (Å²) >= 11 is 0. The summed E-state index contributed by atoms with van der Waals surface area (Å²) < 4.78 is 40.6. The lowest BCUT2D eigenvalue weighted by molar-refractivity contribution is -0.0578. The molecule has 0 amide bonds. The Morgan fingerprint density at radius 2 is 1.85 bits per heavy atom. The van der Waals surface area contributed by atoms with Gasteiger partial charge in [-0.15, -0.1) is 0 Å². The summed E-state index contributed by atoms with van der Waals surface area (Å²) in [6.07, 6.45) is 0.986. The van der Waals surface area contributed by atoms with Gasteiger partial charge in [-0.05, 0) is 49.9 Å². The molecule has 1 fully saturated rings. The van der Waals surface area contributed by atoms with Crippen LogP contribution in [0, 0.1) is 5.41 Å². The number of aryl methyl sites for hydroxylation is 1. The minimum Gasteiger partial charge on any atom is -0.404 e. The van der Waals surface area contributed by atoms with Crippen molar-refractivity contribution < 1.29 is 13.2 Å². The third kappa shape index (κ3) is 3.62. The number of pyridine rings is 1. The van der Waals surface area contributed by atoms with Gasteiger partial charge in [-0.1, -0.05) is 0 Å². The molecular formula is C23H26F3N7. The number of likely N-dealkylation sites (N-methyl/N-ethyl adjacent to an activating group) is 1. The van der Waals surface area contributed by atoms with Gasteiger partial charge in [0.2, 0.25) is 0 Å². The normalized spacial score (nSPS) is 18.2. The second-order valence-corrected chi connectivity index (χ2v) is 8.82. The molecule has 1 aliphatic carbocycles. The molecule has 0 saturated carbocycles. The Morgan fingerprint density at radius 1 is 1.15 bits per heavy atom. The van der Waals surface area contributed by atoms with E-state index in [0.717, 1.165) is 84.7 Å². The monoisotopic (exact) mass is 457 g/mol. The lowest BCUT2D eigenvalue weighted by Crippen LogP contribution is -2.44. The first-order chi connectivity index (χ1) is 15.8. The van der Waals surface area contributed by atoms with E-state index in [1.54, 1.807) is 6.20 Å². The summed E-state index contributed by atoms with van der Waals surface area (Å²) in [7, 11) is 2.07. The number of aromatic amines is 1. The first-order valence-electron chi connectivity index (χ1n) is 11.1. The Balaban J connectivity index is 1.82. The fourth-order valence-electron chi connectivity index (χ4n) is 5.05. The molecule has 1 aromatic carbocycles. The molecule has 3 heterocycles. The fourth-order valence-corrected chi connectivity index (χ4v) is 5.05. The van der Waals surface area contributed by atoms with Gasteiger partial charge in [0.1, 0.15) is 5.71 Å². The zero-order valence-electron chi connectivity index (χ0n) is 18.4. The van der Waals surface area contributed by atoms with E-state index in [9.17, 15) is 13.2 Å². The van der Waals surface area contributed by atoms with E-state index in [4.69, 9.17) is 16.1 Å². The third-order valence-corrected chi connectivity index (χ3v) is 6.80. The van der Waals surface area contributed by atoms with Crippen LogP contribution < -0.4 is 10.6 Å². The molecule has 3 aromatic rings. The van der Waals surface area contributed by atoms with Gasteiger partial charge in [0.05, 0.1) is 28.6 Å². The highest BCUT2D eigenvalue weighted by Gasteiger charge is 2.39. The molecule has 4 N–H and O–H groups in total. The molecule has 174 valence electrons. The van der Waals surface area contributed by atoms with Crippen molar-refractivity contribution in [3.63, 3.8) is 0 Å². The largest absolute Gasteiger partial charge is 0.433 e. The van der Waals surface area contributed by atoms with Gasteiger partial charge in [0.15, 0.2) is 0 Å². The number of nitrogens with zero attached hydrogens (tertiary/aromatic N) is 4. The highest BCUT2D eigenvalue weighted by molar-refractivity contribution is 6.25. The Hall–Kier alpha value is -3.14. The molecule has 33 heavy (non-hydrogen) atoms. The molecule has 0 unspecified atom stereocenters. The van der Waals surface area contributed by atoms with Crippen LogP contribution in [0.5, 0.6) is 0 Å². The van der Waals surface area contributed by atoms with Gasteiger partial charge in [-0.3, -0.25) is 10.5 Å². The number of H-pyrrole nitrogens is 1. The lowest BCUT2D eigenvalue weighted by atomic mass is 9.84. The van der Waals surface area contributed by atoms with Crippen molar-refractivity contribution in [3.8, 4) is 0 Å². The molecule has 2 aromatic heterocycles. The molecule has 2 aliphatic rings. The van der Waals surface area contributed by atoms with Crippen molar-refractivity contribution in [1.29, 1.82) is 5.41 Å². The maximum atomic E-state index is 13.5. The highest BCUT2D eigenvalue weighted by atomic mass is 19.4. The topological polar surface area (TPSA) is 97.9 Å². The SMILES string of the molecule is CN1CCN(c2cc3[nH]ncc3c3c4c(c(/C(=C/N)C(=N)C(F)(F)F)nc23)CCCC4)CC1. The quantitative estimate of drug-likeness (QED) is 0.522. The molecular weight excluding hydrogens is 431 g/mol. The predicted molar refractivity (Wildman–Crippen MR) is 124 cm³/mol. The minimum absolute atomic E-state index is 0.181. The molecule has 5 rings (SSSR count). The molecule has 0 atom stereocenters. The van der Waals surface area contributed by atoms with E-state index in [-0.39, 0.29) is 11.3 Å². The number of hydrogen-bond donors (Lipinski definition) is 3. The summed E-state index contributed by atoms with van der Waals surface area (Å²) in [4.78, 5) is 9.31. The molecule has 1 aliphatic heterocycles. The predicted octanol–water partition coefficient (Wildman–Crippen LogP) is 3.62. The van der Waals surface area contributed by atoms with Crippen LogP contribution in [0.2, 0.25) is 0 Å². The van der Waals surface area contributed by atoms with Crippen molar-refractivity contribution >= 4 is 38.8 Å². The zero-order chi connectivity index (χ0) is 23.3. The number of piperazine rings is 1. The number of anilines is 1. The highest BCUT2D eigenvalue weighted by Crippen LogP contribution is 2.41. The summed E-state index contributed by atoms with van der Waals surface area (Å²) in [6.45, 7) is 3.34. The van der Waals surface area contributed by atoms with Gasteiger partial charge in [-0.2, -0.15) is 18.3 Å². The number of halogens is 3. The first-order valence-corrected chi connectivity index (χ1v) is 11.1. The molecule has 0 radical (unpaired) electrons. The Bertz CT molecular complexity index is 1270. The number of aromatic nitrogens is 3. The number of benzene rings is 1. The van der Waals surface area contributed by atoms with Crippen LogP contribution >= 0.6 is 0 Å². The Morgan fingerprint density at radius 3 is 2.52 bits per heavy atom. The van der Waals surface area contributed by atoms with Crippen LogP contribution in [0.4, 0.5) is 18.9 Å². The van der Waals surface area contributed by atoms with Crippen LogP contribution in [0.15, 0.2) is 18.5 Å². The van der Waals surface area contributed by atoms with Crippen molar-refractivity contribution in [1.82, 2.24) is 20.1 Å². The smallest absolute Gasteiger partial charge is 0.404 e. The van der Waals surface area contributed by atoms with Gasteiger partial charge in [0.25, 0.3) is 0 Å². The maximum absolute atomic E-state index is 13.5. The van der Waals surface area contributed by atoms with E-state index in [1.165, 1.54) is 0 Å². The van der Waals surface area contributed by atoms with E-state index in [1.807, 2.05) is 6.07 Å². The molecule has 0 spiro atoms. The van der Waals surface area contributed by atoms with Gasteiger partial charge in [-0.25, -0.2) is 4.98 Å². The van der Waals surface area contributed by atoms with Crippen LogP contribution in [-0.2, 0) is 12.8 Å². The van der Waals surface area contributed by atoms with Crippen LogP contribution in [-0.4, -0.2) is 65.2 Å². The number of hydrogen-bond acceptors (Lipinski definition) is 6. The third-order valence-electron chi connectivity index (χ3n) is 6.80. The number of rotatable bonds is 3. The number of fused-ring (bicyclic) bond motifs is 5. The van der Waals surface area contributed by atoms with Crippen molar-refractivity contribution in [2.45, 2.75) is 31.9 Å². The second-order valence-electron chi connectivity index (χ2n) is 8.82. The van der Waals surface area contributed by atoms with E-state index >= 15 is 0 Å². The summed E-state index contributed by atoms with van der Waals surface area (Å²) in [5.41, 5.74) is 8.20. The van der Waals surface area contributed by atoms with Crippen LogP contribution in [0.1, 0.15) is 29.7 Å². The average molecular weight is 458 g/mol. The number of allylic oxidation sites excluding steroid dienone is 1. The molecule has 10 heteroatoms. The van der Waals surface area contributed by atoms with Crippen LogP contribution in [0.3, 0.4) is 0 Å². The summed E-state index contributed by atoms with van der Waals surface area (Å²) in [5, 5.41) is 17.0. The molecule has 0 bridgehead atoms. The molecule has 1 saturated heterocycles. The number of nitrogens with one attached hydrogen (secondary N) is 2. The lowest BCUT2D eigenvalue weighted by Gasteiger charge is -2.35. The van der Waals surface area contributed by atoms with E-state index in [2.05, 4.69) is 27.0 Å². The van der Waals surface area contributed by atoms with Crippen LogP contribution in [0.25, 0.3) is 27.4 Å².